The van der Waals surface area contributed by atoms with Crippen molar-refractivity contribution in [2.75, 3.05) is 4.90 Å². The molecule has 0 radical (unpaired) electrons. The van der Waals surface area contributed by atoms with Gasteiger partial charge in [-0.2, -0.15) is 0 Å². The summed E-state index contributed by atoms with van der Waals surface area (Å²) in [6.45, 7) is 0. The van der Waals surface area contributed by atoms with Gasteiger partial charge in [-0.3, -0.25) is 0 Å². The normalized spacial score (nSPS) is 13.7. The maximum Gasteiger partial charge on any atom is 0.133 e. The highest BCUT2D eigenvalue weighted by Crippen LogP contribution is 2.52. The molecule has 0 saturated carbocycles. The molecule has 11 rings (SSSR count). The monoisotopic (exact) mass is 695 g/mol. The Hall–Kier alpha value is -6.91. The van der Waals surface area contributed by atoms with Gasteiger partial charge in [-0.1, -0.05) is 115 Å². The summed E-state index contributed by atoms with van der Waals surface area (Å²) in [6, 6.07) is 59.4. The zero-order valence-corrected chi connectivity index (χ0v) is 29.5. The molecule has 3 nitrogen and oxygen atoms in total. The number of halogens is 1. The van der Waals surface area contributed by atoms with Crippen molar-refractivity contribution < 1.29 is 4.39 Å². The average Bonchev–Trinajstić information content (AvgIpc) is 3.72. The first-order valence-electron chi connectivity index (χ1n) is 18.6. The lowest BCUT2D eigenvalue weighted by atomic mass is 9.95. The van der Waals surface area contributed by atoms with E-state index >= 15 is 4.39 Å². The van der Waals surface area contributed by atoms with Gasteiger partial charge in [0.05, 0.1) is 27.9 Å². The highest BCUT2D eigenvalue weighted by atomic mass is 19.1. The topological polar surface area (TPSA) is 13.1 Å². The molecule has 0 spiro atoms. The molecule has 3 heterocycles. The molecule has 2 aliphatic rings. The molecule has 1 aliphatic carbocycles. The summed E-state index contributed by atoms with van der Waals surface area (Å²) in [6.07, 6.45) is 6.31. The molecule has 0 saturated heterocycles. The van der Waals surface area contributed by atoms with E-state index in [1.807, 2.05) is 18.2 Å². The first-order valence-corrected chi connectivity index (χ1v) is 18.6. The van der Waals surface area contributed by atoms with Crippen molar-refractivity contribution in [1.82, 2.24) is 9.13 Å². The van der Waals surface area contributed by atoms with Gasteiger partial charge in [0.25, 0.3) is 0 Å². The van der Waals surface area contributed by atoms with Crippen LogP contribution in [0.25, 0.3) is 71.9 Å². The molecule has 0 atom stereocenters. The van der Waals surface area contributed by atoms with Crippen LogP contribution in [0.3, 0.4) is 0 Å². The van der Waals surface area contributed by atoms with Crippen molar-refractivity contribution in [2.24, 2.45) is 0 Å². The standard InChI is InChI=1S/C50H34FN3/c51-42-19-12-24-47-49(42)48-40-17-6-10-22-45(40)53(46-23-11-7-18-41(46)50(48)54(47)35-13-2-1-3-14-35)37-31-27-34(28-32-37)33-25-29-36(30-26-33)52-43-20-8-4-15-38(43)39-16-5-9-21-44(39)52/h1-10,12-22,24-32H,11,23H2. The highest BCUT2D eigenvalue weighted by Gasteiger charge is 2.33. The maximum atomic E-state index is 16.2. The summed E-state index contributed by atoms with van der Waals surface area (Å²) in [5.41, 5.74) is 15.2. The smallest absolute Gasteiger partial charge is 0.133 e. The molecule has 9 aromatic rings. The second-order valence-electron chi connectivity index (χ2n) is 14.1. The van der Waals surface area contributed by atoms with Crippen LogP contribution in [0.4, 0.5) is 15.8 Å². The minimum Gasteiger partial charge on any atom is -0.313 e. The number of benzene rings is 7. The van der Waals surface area contributed by atoms with E-state index in [9.17, 15) is 0 Å². The van der Waals surface area contributed by atoms with Gasteiger partial charge in [0.1, 0.15) is 5.82 Å². The van der Waals surface area contributed by atoms with Crippen molar-refractivity contribution in [2.45, 2.75) is 12.8 Å². The zero-order chi connectivity index (χ0) is 35.8. The van der Waals surface area contributed by atoms with Crippen LogP contribution in [0.5, 0.6) is 0 Å². The van der Waals surface area contributed by atoms with Crippen molar-refractivity contribution in [1.29, 1.82) is 0 Å². The molecule has 54 heavy (non-hydrogen) atoms. The predicted octanol–water partition coefficient (Wildman–Crippen LogP) is 13.4. The lowest BCUT2D eigenvalue weighted by Gasteiger charge is -2.31. The van der Waals surface area contributed by atoms with E-state index in [0.717, 1.165) is 74.6 Å². The van der Waals surface area contributed by atoms with Crippen molar-refractivity contribution in [3.05, 3.63) is 199 Å². The van der Waals surface area contributed by atoms with Crippen molar-refractivity contribution in [3.63, 3.8) is 0 Å². The van der Waals surface area contributed by atoms with Crippen LogP contribution < -0.4 is 4.90 Å². The van der Waals surface area contributed by atoms with Gasteiger partial charge in [0, 0.05) is 55.6 Å². The fourth-order valence-electron chi connectivity index (χ4n) is 8.89. The van der Waals surface area contributed by atoms with Gasteiger partial charge in [0.15, 0.2) is 0 Å². The Morgan fingerprint density at radius 2 is 1.07 bits per heavy atom. The number of para-hydroxylation sites is 4. The van der Waals surface area contributed by atoms with Gasteiger partial charge in [0.2, 0.25) is 0 Å². The summed E-state index contributed by atoms with van der Waals surface area (Å²) in [4.78, 5) is 2.41. The zero-order valence-electron chi connectivity index (χ0n) is 29.5. The summed E-state index contributed by atoms with van der Waals surface area (Å²) < 4.78 is 20.8. The molecular weight excluding hydrogens is 662 g/mol. The molecule has 256 valence electrons. The van der Waals surface area contributed by atoms with E-state index in [1.54, 1.807) is 6.07 Å². The Bertz CT molecular complexity index is 2930. The number of nitrogens with zero attached hydrogens (tertiary/aromatic N) is 3. The molecule has 2 aromatic heterocycles. The second kappa shape index (κ2) is 12.1. The van der Waals surface area contributed by atoms with Crippen LogP contribution in [0.2, 0.25) is 0 Å². The third kappa shape index (κ3) is 4.53. The summed E-state index contributed by atoms with van der Waals surface area (Å²) in [5, 5.41) is 3.17. The number of aromatic nitrogens is 2. The SMILES string of the molecule is Fc1cccc2c1c1c(n2-c2ccccc2)C2=C(CCC=C2)N(c2ccc(-c3ccc(-n4c5ccccc5c5ccccc54)cc3)cc2)c2ccccc2-1. The third-order valence-electron chi connectivity index (χ3n) is 11.2. The molecule has 0 amide bonds. The Labute approximate surface area is 312 Å². The number of hydrogen-bond acceptors (Lipinski definition) is 1. The highest BCUT2D eigenvalue weighted by molar-refractivity contribution is 6.11. The number of fused-ring (bicyclic) bond motifs is 9. The predicted molar refractivity (Wildman–Crippen MR) is 222 cm³/mol. The lowest BCUT2D eigenvalue weighted by Crippen LogP contribution is -2.19. The van der Waals surface area contributed by atoms with Crippen LogP contribution in [-0.2, 0) is 0 Å². The molecule has 7 aromatic carbocycles. The maximum absolute atomic E-state index is 16.2. The molecular formula is C50H34FN3. The van der Waals surface area contributed by atoms with Crippen molar-refractivity contribution >= 4 is 49.7 Å². The average molecular weight is 696 g/mol. The van der Waals surface area contributed by atoms with E-state index in [1.165, 1.54) is 27.5 Å². The number of allylic oxidation sites excluding steroid dienone is 4. The third-order valence-corrected chi connectivity index (χ3v) is 11.2. The lowest BCUT2D eigenvalue weighted by molar-refractivity contribution is 0.640. The van der Waals surface area contributed by atoms with Crippen LogP contribution in [0, 0.1) is 5.82 Å². The van der Waals surface area contributed by atoms with Gasteiger partial charge < -0.3 is 14.0 Å². The minimum absolute atomic E-state index is 0.211. The van der Waals surface area contributed by atoms with Crippen molar-refractivity contribution in [3.8, 4) is 33.6 Å². The van der Waals surface area contributed by atoms with E-state index < -0.39 is 0 Å². The number of anilines is 2. The van der Waals surface area contributed by atoms with E-state index in [4.69, 9.17) is 0 Å². The Morgan fingerprint density at radius 3 is 1.80 bits per heavy atom. The van der Waals surface area contributed by atoms with Crippen LogP contribution in [-0.4, -0.2) is 9.13 Å². The Kier molecular flexibility index (Phi) is 6.86. The van der Waals surface area contributed by atoms with Crippen LogP contribution in [0.15, 0.2) is 188 Å². The quantitative estimate of drug-likeness (QED) is 0.179. The van der Waals surface area contributed by atoms with Crippen LogP contribution in [0.1, 0.15) is 18.5 Å². The summed E-state index contributed by atoms with van der Waals surface area (Å²) in [7, 11) is 0. The Balaban J connectivity index is 1.04. The van der Waals surface area contributed by atoms with E-state index in [2.05, 4.69) is 172 Å². The summed E-state index contributed by atoms with van der Waals surface area (Å²) >= 11 is 0. The van der Waals surface area contributed by atoms with Crippen LogP contribution >= 0.6 is 0 Å². The van der Waals surface area contributed by atoms with E-state index in [0.29, 0.717) is 5.39 Å². The molecule has 0 unspecified atom stereocenters. The molecule has 0 fully saturated rings. The molecule has 4 heteroatoms. The summed E-state index contributed by atoms with van der Waals surface area (Å²) in [5.74, 6) is -0.211. The minimum atomic E-state index is -0.211. The van der Waals surface area contributed by atoms with Gasteiger partial charge in [-0.25, -0.2) is 4.39 Å². The molecule has 0 N–H and O–H groups in total. The largest absolute Gasteiger partial charge is 0.313 e. The van der Waals surface area contributed by atoms with E-state index in [-0.39, 0.29) is 5.82 Å². The molecule has 0 bridgehead atoms. The van der Waals surface area contributed by atoms with Gasteiger partial charge >= 0.3 is 0 Å². The first-order chi connectivity index (χ1) is 26.7. The fourth-order valence-corrected chi connectivity index (χ4v) is 8.89. The number of hydrogen-bond donors (Lipinski definition) is 0. The number of rotatable bonds is 4. The second-order valence-corrected chi connectivity index (χ2v) is 14.1. The van der Waals surface area contributed by atoms with Gasteiger partial charge in [-0.15, -0.1) is 0 Å². The van der Waals surface area contributed by atoms with Gasteiger partial charge in [-0.05, 0) is 90.7 Å². The Morgan fingerprint density at radius 1 is 0.481 bits per heavy atom. The first kappa shape index (κ1) is 30.7. The molecule has 1 aliphatic heterocycles. The fraction of sp³-hybridized carbons (Fsp3) is 0.0400.